The molecule has 0 saturated heterocycles. The van der Waals surface area contributed by atoms with E-state index in [4.69, 9.17) is 4.98 Å². The summed E-state index contributed by atoms with van der Waals surface area (Å²) in [6.07, 6.45) is 3.09. The van der Waals surface area contributed by atoms with Gasteiger partial charge in [-0.25, -0.2) is 0 Å². The number of fused-ring (bicyclic) bond motifs is 1. The molecule has 0 amide bonds. The highest BCUT2D eigenvalue weighted by Gasteiger charge is 2.31. The first-order valence-corrected chi connectivity index (χ1v) is 7.89. The van der Waals surface area contributed by atoms with Gasteiger partial charge in [-0.15, -0.1) is 0 Å². The van der Waals surface area contributed by atoms with E-state index in [1.165, 1.54) is 29.5 Å². The van der Waals surface area contributed by atoms with Gasteiger partial charge in [0.1, 0.15) is 0 Å². The molecule has 1 atom stereocenters. The van der Waals surface area contributed by atoms with Gasteiger partial charge in [0, 0.05) is 24.7 Å². The molecule has 112 valence electrons. The van der Waals surface area contributed by atoms with Crippen LogP contribution < -0.4 is 4.90 Å². The molecule has 1 heterocycles. The second-order valence-corrected chi connectivity index (χ2v) is 6.18. The standard InChI is InChI=1S/C18H24N2O/c1-4-14-12(2)19-16-8-6-5-7-15(16)18(14)20(3)11-17(21)13-9-10-13/h5-8,13,17,21H,4,9-11H2,1-3H3. The predicted octanol–water partition coefficient (Wildman–Crippen LogP) is 3.31. The molecule has 1 aliphatic carbocycles. The van der Waals surface area contributed by atoms with Crippen molar-refractivity contribution in [2.45, 2.75) is 39.2 Å². The van der Waals surface area contributed by atoms with Gasteiger partial charge in [0.05, 0.1) is 17.3 Å². The summed E-state index contributed by atoms with van der Waals surface area (Å²) in [5.41, 5.74) is 4.66. The van der Waals surface area contributed by atoms with Crippen molar-refractivity contribution in [1.82, 2.24) is 4.98 Å². The Morgan fingerprint density at radius 3 is 2.71 bits per heavy atom. The van der Waals surface area contributed by atoms with Crippen LogP contribution in [0.1, 0.15) is 31.0 Å². The lowest BCUT2D eigenvalue weighted by atomic mass is 10.0. The maximum Gasteiger partial charge on any atom is 0.0743 e. The van der Waals surface area contributed by atoms with Gasteiger partial charge < -0.3 is 10.0 Å². The summed E-state index contributed by atoms with van der Waals surface area (Å²) in [4.78, 5) is 6.95. The summed E-state index contributed by atoms with van der Waals surface area (Å²) in [6, 6.07) is 8.30. The quantitative estimate of drug-likeness (QED) is 0.915. The molecule has 1 fully saturated rings. The number of hydrogen-bond donors (Lipinski definition) is 1. The van der Waals surface area contributed by atoms with Crippen LogP contribution >= 0.6 is 0 Å². The number of hydrogen-bond acceptors (Lipinski definition) is 3. The van der Waals surface area contributed by atoms with E-state index in [0.29, 0.717) is 12.5 Å². The van der Waals surface area contributed by atoms with Crippen LogP contribution in [-0.4, -0.2) is 29.8 Å². The van der Waals surface area contributed by atoms with E-state index >= 15 is 0 Å². The van der Waals surface area contributed by atoms with Gasteiger partial charge in [0.2, 0.25) is 0 Å². The number of aliphatic hydroxyl groups is 1. The fourth-order valence-electron chi connectivity index (χ4n) is 3.21. The summed E-state index contributed by atoms with van der Waals surface area (Å²) in [7, 11) is 2.09. The van der Waals surface area contributed by atoms with Crippen LogP contribution in [-0.2, 0) is 6.42 Å². The Hall–Kier alpha value is -1.61. The zero-order valence-corrected chi connectivity index (χ0v) is 13.1. The van der Waals surface area contributed by atoms with E-state index in [1.54, 1.807) is 0 Å². The number of para-hydroxylation sites is 1. The molecule has 0 bridgehead atoms. The van der Waals surface area contributed by atoms with E-state index in [9.17, 15) is 5.11 Å². The molecule has 1 N–H and O–H groups in total. The molecule has 0 radical (unpaired) electrons. The number of benzene rings is 1. The van der Waals surface area contributed by atoms with Crippen molar-refractivity contribution >= 4 is 16.6 Å². The lowest BCUT2D eigenvalue weighted by molar-refractivity contribution is 0.158. The summed E-state index contributed by atoms with van der Waals surface area (Å²) < 4.78 is 0. The van der Waals surface area contributed by atoms with E-state index in [2.05, 4.69) is 44.0 Å². The molecule has 0 spiro atoms. The number of aliphatic hydroxyl groups excluding tert-OH is 1. The molecule has 21 heavy (non-hydrogen) atoms. The molecule has 3 nitrogen and oxygen atoms in total. The van der Waals surface area contributed by atoms with E-state index in [0.717, 1.165) is 17.6 Å². The first-order valence-electron chi connectivity index (χ1n) is 7.89. The van der Waals surface area contributed by atoms with Crippen molar-refractivity contribution in [1.29, 1.82) is 0 Å². The molecular weight excluding hydrogens is 260 g/mol. The minimum atomic E-state index is -0.216. The second-order valence-electron chi connectivity index (χ2n) is 6.18. The van der Waals surface area contributed by atoms with Gasteiger partial charge in [0.15, 0.2) is 0 Å². The highest BCUT2D eigenvalue weighted by atomic mass is 16.3. The average Bonchev–Trinajstić information content (AvgIpc) is 3.30. The molecule has 3 heteroatoms. The van der Waals surface area contributed by atoms with Crippen molar-refractivity contribution in [3.05, 3.63) is 35.5 Å². The third-order valence-corrected chi connectivity index (χ3v) is 4.53. The molecule has 1 saturated carbocycles. The number of pyridine rings is 1. The van der Waals surface area contributed by atoms with Gasteiger partial charge in [-0.3, -0.25) is 4.98 Å². The third kappa shape index (κ3) is 2.75. The van der Waals surface area contributed by atoms with Crippen molar-refractivity contribution in [3.8, 4) is 0 Å². The average molecular weight is 284 g/mol. The Morgan fingerprint density at radius 2 is 2.05 bits per heavy atom. The van der Waals surface area contributed by atoms with Crippen molar-refractivity contribution in [2.24, 2.45) is 5.92 Å². The molecule has 1 aromatic carbocycles. The number of likely N-dealkylation sites (N-methyl/N-ethyl adjacent to an activating group) is 1. The summed E-state index contributed by atoms with van der Waals surface area (Å²) in [5.74, 6) is 0.506. The van der Waals surface area contributed by atoms with Crippen LogP contribution in [0.5, 0.6) is 0 Å². The normalized spacial score (nSPS) is 16.2. The Labute approximate surface area is 126 Å². The minimum absolute atomic E-state index is 0.216. The maximum absolute atomic E-state index is 10.3. The smallest absolute Gasteiger partial charge is 0.0743 e. The summed E-state index contributed by atoms with van der Waals surface area (Å²) in [5, 5.41) is 11.5. The van der Waals surface area contributed by atoms with Crippen molar-refractivity contribution < 1.29 is 5.11 Å². The third-order valence-electron chi connectivity index (χ3n) is 4.53. The second kappa shape index (κ2) is 5.64. The molecular formula is C18H24N2O. The molecule has 3 rings (SSSR count). The zero-order valence-electron chi connectivity index (χ0n) is 13.1. The molecule has 1 aromatic heterocycles. The monoisotopic (exact) mass is 284 g/mol. The van der Waals surface area contributed by atoms with Crippen LogP contribution in [0.4, 0.5) is 5.69 Å². The largest absolute Gasteiger partial charge is 0.391 e. The first-order chi connectivity index (χ1) is 10.1. The van der Waals surface area contributed by atoms with E-state index in [1.807, 2.05) is 6.07 Å². The van der Waals surface area contributed by atoms with Gasteiger partial charge in [-0.1, -0.05) is 25.1 Å². The van der Waals surface area contributed by atoms with Crippen LogP contribution in [0.15, 0.2) is 24.3 Å². The Balaban J connectivity index is 2.05. The number of nitrogens with zero attached hydrogens (tertiary/aromatic N) is 2. The Bertz CT molecular complexity index is 649. The zero-order chi connectivity index (χ0) is 15.0. The van der Waals surface area contributed by atoms with Gasteiger partial charge in [-0.05, 0) is 43.7 Å². The maximum atomic E-state index is 10.3. The van der Waals surface area contributed by atoms with E-state index in [-0.39, 0.29) is 6.10 Å². The topological polar surface area (TPSA) is 36.4 Å². The fraction of sp³-hybridized carbons (Fsp3) is 0.500. The van der Waals surface area contributed by atoms with Crippen LogP contribution in [0.3, 0.4) is 0 Å². The molecule has 1 aliphatic rings. The first kappa shape index (κ1) is 14.3. The highest BCUT2D eigenvalue weighted by Crippen LogP contribution is 2.35. The minimum Gasteiger partial charge on any atom is -0.391 e. The SMILES string of the molecule is CCc1c(C)nc2ccccc2c1N(C)CC(O)C1CC1. The van der Waals surface area contributed by atoms with Crippen molar-refractivity contribution in [2.75, 3.05) is 18.5 Å². The van der Waals surface area contributed by atoms with Crippen LogP contribution in [0.2, 0.25) is 0 Å². The highest BCUT2D eigenvalue weighted by molar-refractivity contribution is 5.93. The van der Waals surface area contributed by atoms with Crippen LogP contribution in [0.25, 0.3) is 10.9 Å². The summed E-state index contributed by atoms with van der Waals surface area (Å²) in [6.45, 7) is 4.96. The number of aromatic nitrogens is 1. The fourth-order valence-corrected chi connectivity index (χ4v) is 3.21. The van der Waals surface area contributed by atoms with Crippen LogP contribution in [0, 0.1) is 12.8 Å². The lowest BCUT2D eigenvalue weighted by Crippen LogP contribution is -2.31. The number of rotatable bonds is 5. The molecule has 2 aromatic rings. The number of anilines is 1. The summed E-state index contributed by atoms with van der Waals surface area (Å²) >= 11 is 0. The molecule has 0 aliphatic heterocycles. The van der Waals surface area contributed by atoms with Gasteiger partial charge >= 0.3 is 0 Å². The lowest BCUT2D eigenvalue weighted by Gasteiger charge is -2.27. The Kier molecular flexibility index (Phi) is 3.85. The number of aryl methyl sites for hydroxylation is 1. The predicted molar refractivity (Wildman–Crippen MR) is 87.9 cm³/mol. The molecule has 1 unspecified atom stereocenters. The van der Waals surface area contributed by atoms with Gasteiger partial charge in [0.25, 0.3) is 0 Å². The van der Waals surface area contributed by atoms with E-state index < -0.39 is 0 Å². The Morgan fingerprint density at radius 1 is 1.33 bits per heavy atom. The van der Waals surface area contributed by atoms with Crippen molar-refractivity contribution in [3.63, 3.8) is 0 Å². The van der Waals surface area contributed by atoms with Gasteiger partial charge in [-0.2, -0.15) is 0 Å².